The molecule has 1 atom stereocenters. The second-order valence-electron chi connectivity index (χ2n) is 8.22. The minimum absolute atomic E-state index is 0.0161. The third kappa shape index (κ3) is 6.55. The Bertz CT molecular complexity index is 535. The van der Waals surface area contributed by atoms with Crippen LogP contribution >= 0.6 is 0 Å². The van der Waals surface area contributed by atoms with E-state index in [-0.39, 0.29) is 23.5 Å². The van der Waals surface area contributed by atoms with Gasteiger partial charge >= 0.3 is 5.97 Å². The second kappa shape index (κ2) is 10.9. The first kappa shape index (κ1) is 22.8. The third-order valence-corrected chi connectivity index (χ3v) is 5.88. The first-order chi connectivity index (χ1) is 13.4. The van der Waals surface area contributed by atoms with Crippen molar-refractivity contribution >= 4 is 17.7 Å². The second-order valence-corrected chi connectivity index (χ2v) is 8.22. The van der Waals surface area contributed by atoms with Crippen LogP contribution in [-0.4, -0.2) is 49.8 Å². The monoisotopic (exact) mass is 397 g/mol. The third-order valence-electron chi connectivity index (χ3n) is 5.88. The molecule has 1 saturated carbocycles. The van der Waals surface area contributed by atoms with Gasteiger partial charge in [-0.15, -0.1) is 0 Å². The summed E-state index contributed by atoms with van der Waals surface area (Å²) in [5.41, 5.74) is 0. The van der Waals surface area contributed by atoms with Crippen LogP contribution in [-0.2, 0) is 28.6 Å². The summed E-state index contributed by atoms with van der Waals surface area (Å²) in [5.74, 6) is -1.50. The van der Waals surface area contributed by atoms with Crippen LogP contribution in [0.2, 0.25) is 0 Å². The number of ketones is 1. The largest absolute Gasteiger partial charge is 0.465 e. The summed E-state index contributed by atoms with van der Waals surface area (Å²) in [5, 5.41) is 2.97. The van der Waals surface area contributed by atoms with E-state index in [4.69, 9.17) is 14.2 Å². The molecular formula is C21H35NO6. The Morgan fingerprint density at radius 3 is 2.32 bits per heavy atom. The van der Waals surface area contributed by atoms with Gasteiger partial charge in [-0.05, 0) is 32.6 Å². The molecule has 0 aromatic rings. The van der Waals surface area contributed by atoms with Crippen molar-refractivity contribution in [3.8, 4) is 0 Å². The van der Waals surface area contributed by atoms with E-state index in [1.54, 1.807) is 13.8 Å². The Kier molecular flexibility index (Phi) is 8.89. The Labute approximate surface area is 167 Å². The highest BCUT2D eigenvalue weighted by molar-refractivity contribution is 5.88. The number of esters is 1. The summed E-state index contributed by atoms with van der Waals surface area (Å²) in [7, 11) is 1.31. The first-order valence-electron chi connectivity index (χ1n) is 10.5. The predicted molar refractivity (Wildman–Crippen MR) is 103 cm³/mol. The van der Waals surface area contributed by atoms with Gasteiger partial charge in [-0.3, -0.25) is 9.59 Å². The standard InChI is InChI=1S/C21H35NO6/c1-15(23)18(22-19(24)17-10-5-4-6-11-17)12-8-7-9-16-13-27-21(2,28-14-16)20(25)26-3/h16-18H,4-14H2,1-3H3,(H,22,24). The smallest absolute Gasteiger partial charge is 0.366 e. The number of hydrogen-bond donors (Lipinski definition) is 1. The lowest BCUT2D eigenvalue weighted by Gasteiger charge is -2.35. The fraction of sp³-hybridized carbons (Fsp3) is 0.857. The number of carbonyl (C=O) groups is 3. The number of unbranched alkanes of at least 4 members (excludes halogenated alkanes) is 1. The Hall–Kier alpha value is -1.47. The maximum Gasteiger partial charge on any atom is 0.366 e. The van der Waals surface area contributed by atoms with Crippen LogP contribution < -0.4 is 5.32 Å². The topological polar surface area (TPSA) is 90.9 Å². The molecule has 7 heteroatoms. The zero-order valence-corrected chi connectivity index (χ0v) is 17.5. The molecular weight excluding hydrogens is 362 g/mol. The maximum absolute atomic E-state index is 12.4. The summed E-state index contributed by atoms with van der Waals surface area (Å²) in [6.07, 6.45) is 8.57. The van der Waals surface area contributed by atoms with Crippen LogP contribution in [0.3, 0.4) is 0 Å². The predicted octanol–water partition coefficient (Wildman–Crippen LogP) is 2.75. The summed E-state index contributed by atoms with van der Waals surface area (Å²) >= 11 is 0. The van der Waals surface area contributed by atoms with Crippen molar-refractivity contribution in [3.05, 3.63) is 0 Å². The van der Waals surface area contributed by atoms with E-state index in [1.807, 2.05) is 0 Å². The molecule has 1 aliphatic carbocycles. The number of hydrogen-bond acceptors (Lipinski definition) is 6. The number of ether oxygens (including phenoxy) is 3. The van der Waals surface area contributed by atoms with Gasteiger partial charge in [0.1, 0.15) is 0 Å². The van der Waals surface area contributed by atoms with E-state index in [0.717, 1.165) is 44.9 Å². The van der Waals surface area contributed by atoms with Crippen LogP contribution in [0.15, 0.2) is 0 Å². The van der Waals surface area contributed by atoms with E-state index in [0.29, 0.717) is 19.6 Å². The van der Waals surface area contributed by atoms with Crippen LogP contribution in [0.1, 0.15) is 71.6 Å². The zero-order valence-electron chi connectivity index (χ0n) is 17.5. The molecule has 0 spiro atoms. The Morgan fingerprint density at radius 1 is 1.11 bits per heavy atom. The molecule has 7 nitrogen and oxygen atoms in total. The Morgan fingerprint density at radius 2 is 1.75 bits per heavy atom. The minimum atomic E-state index is -1.31. The molecule has 2 aliphatic rings. The molecule has 0 bridgehead atoms. The molecule has 1 amide bonds. The van der Waals surface area contributed by atoms with E-state index in [9.17, 15) is 14.4 Å². The molecule has 2 fully saturated rings. The van der Waals surface area contributed by atoms with Crippen LogP contribution in [0, 0.1) is 11.8 Å². The lowest BCUT2D eigenvalue weighted by molar-refractivity contribution is -0.272. The molecule has 0 radical (unpaired) electrons. The van der Waals surface area contributed by atoms with Gasteiger partial charge in [0.25, 0.3) is 5.79 Å². The van der Waals surface area contributed by atoms with Crippen molar-refractivity contribution in [2.45, 2.75) is 83.5 Å². The van der Waals surface area contributed by atoms with Gasteiger partial charge in [-0.1, -0.05) is 32.1 Å². The van der Waals surface area contributed by atoms with Crippen molar-refractivity contribution in [1.29, 1.82) is 0 Å². The van der Waals surface area contributed by atoms with Crippen molar-refractivity contribution < 1.29 is 28.6 Å². The molecule has 160 valence electrons. The van der Waals surface area contributed by atoms with Crippen molar-refractivity contribution in [2.75, 3.05) is 20.3 Å². The number of amides is 1. The lowest BCUT2D eigenvalue weighted by Crippen LogP contribution is -2.48. The molecule has 0 aromatic carbocycles. The van der Waals surface area contributed by atoms with Crippen LogP contribution in [0.5, 0.6) is 0 Å². The van der Waals surface area contributed by atoms with Gasteiger partial charge in [0, 0.05) is 18.8 Å². The van der Waals surface area contributed by atoms with E-state index >= 15 is 0 Å². The molecule has 1 N–H and O–H groups in total. The summed E-state index contributed by atoms with van der Waals surface area (Å²) in [6, 6.07) is -0.393. The first-order valence-corrected chi connectivity index (χ1v) is 10.5. The number of methoxy groups -OCH3 is 1. The highest BCUT2D eigenvalue weighted by atomic mass is 16.7. The van der Waals surface area contributed by atoms with E-state index in [2.05, 4.69) is 5.32 Å². The minimum Gasteiger partial charge on any atom is -0.465 e. The molecule has 1 aliphatic heterocycles. The average molecular weight is 398 g/mol. The summed E-state index contributed by atoms with van der Waals surface area (Å²) in [6.45, 7) is 4.00. The van der Waals surface area contributed by atoms with Crippen LogP contribution in [0.25, 0.3) is 0 Å². The average Bonchev–Trinajstić information content (AvgIpc) is 2.71. The summed E-state index contributed by atoms with van der Waals surface area (Å²) < 4.78 is 15.8. The normalized spacial score (nSPS) is 27.0. The molecule has 2 rings (SSSR count). The van der Waals surface area contributed by atoms with Crippen molar-refractivity contribution in [2.24, 2.45) is 11.8 Å². The SMILES string of the molecule is COC(=O)C1(C)OCC(CCCCC(NC(=O)C2CCCCC2)C(C)=O)CO1. The quantitative estimate of drug-likeness (QED) is 0.475. The zero-order chi connectivity index (χ0) is 20.6. The van der Waals surface area contributed by atoms with Crippen molar-refractivity contribution in [1.82, 2.24) is 5.32 Å². The van der Waals surface area contributed by atoms with Gasteiger partial charge in [0.2, 0.25) is 5.91 Å². The lowest BCUT2D eigenvalue weighted by atomic mass is 9.88. The van der Waals surface area contributed by atoms with E-state index in [1.165, 1.54) is 13.5 Å². The van der Waals surface area contributed by atoms with Gasteiger partial charge in [0.15, 0.2) is 5.78 Å². The number of rotatable bonds is 9. The van der Waals surface area contributed by atoms with Gasteiger partial charge in [-0.2, -0.15) is 0 Å². The fourth-order valence-corrected chi connectivity index (χ4v) is 3.93. The highest BCUT2D eigenvalue weighted by Gasteiger charge is 2.41. The number of nitrogens with one attached hydrogen (secondary N) is 1. The molecule has 1 unspecified atom stereocenters. The molecule has 1 heterocycles. The fourth-order valence-electron chi connectivity index (χ4n) is 3.93. The number of Topliss-reactive ketones (excluding diaryl/α,β-unsaturated/α-hetero) is 1. The molecule has 28 heavy (non-hydrogen) atoms. The molecule has 0 aromatic heterocycles. The highest BCUT2D eigenvalue weighted by Crippen LogP contribution is 2.26. The molecule has 1 saturated heterocycles. The van der Waals surface area contributed by atoms with Crippen molar-refractivity contribution in [3.63, 3.8) is 0 Å². The van der Waals surface area contributed by atoms with Gasteiger partial charge in [0.05, 0.1) is 26.4 Å². The van der Waals surface area contributed by atoms with Gasteiger partial charge < -0.3 is 19.5 Å². The number of carbonyl (C=O) groups excluding carboxylic acids is 3. The maximum atomic E-state index is 12.4. The van der Waals surface area contributed by atoms with Gasteiger partial charge in [-0.25, -0.2) is 4.79 Å². The van der Waals surface area contributed by atoms with Crippen LogP contribution in [0.4, 0.5) is 0 Å². The Balaban J connectivity index is 1.67. The summed E-state index contributed by atoms with van der Waals surface area (Å²) in [4.78, 5) is 36.0. The van der Waals surface area contributed by atoms with E-state index < -0.39 is 17.8 Å².